The van der Waals surface area contributed by atoms with Crippen LogP contribution in [0.15, 0.2) is 11.6 Å². The normalized spacial score (nSPS) is 24.1. The van der Waals surface area contributed by atoms with Crippen molar-refractivity contribution in [3.05, 3.63) is 11.6 Å². The van der Waals surface area contributed by atoms with E-state index in [1.54, 1.807) is 13.0 Å². The largest absolute Gasteiger partial charge is 0.307 e. The summed E-state index contributed by atoms with van der Waals surface area (Å²) in [5, 5.41) is 2.61. The van der Waals surface area contributed by atoms with Gasteiger partial charge in [-0.15, -0.1) is 0 Å². The van der Waals surface area contributed by atoms with E-state index in [-0.39, 0.29) is 12.1 Å². The molecule has 58 valence electrons. The fourth-order valence-corrected chi connectivity index (χ4v) is 1.09. The Bertz CT molecular complexity index is 152. The molecule has 0 unspecified atom stereocenters. The van der Waals surface area contributed by atoms with Crippen molar-refractivity contribution < 1.29 is 8.78 Å². The van der Waals surface area contributed by atoms with Crippen LogP contribution in [0, 0.1) is 0 Å². The Labute approximate surface area is 59.1 Å². The molecule has 0 amide bonds. The van der Waals surface area contributed by atoms with Gasteiger partial charge in [-0.2, -0.15) is 0 Å². The first-order chi connectivity index (χ1) is 4.67. The van der Waals surface area contributed by atoms with Crippen molar-refractivity contribution in [2.75, 3.05) is 13.1 Å². The number of hydrogen-bond donors (Lipinski definition) is 1. The Morgan fingerprint density at radius 3 is 2.80 bits per heavy atom. The SMILES string of the molecule is CCC1=CCNCC1(F)F. The minimum Gasteiger partial charge on any atom is -0.307 e. The highest BCUT2D eigenvalue weighted by atomic mass is 19.3. The predicted molar refractivity (Wildman–Crippen MR) is 36.2 cm³/mol. The summed E-state index contributed by atoms with van der Waals surface area (Å²) >= 11 is 0. The van der Waals surface area contributed by atoms with E-state index < -0.39 is 5.92 Å². The zero-order valence-corrected chi connectivity index (χ0v) is 5.95. The van der Waals surface area contributed by atoms with Crippen molar-refractivity contribution in [2.45, 2.75) is 19.3 Å². The summed E-state index contributed by atoms with van der Waals surface area (Å²) in [6, 6.07) is 0. The van der Waals surface area contributed by atoms with Crippen molar-refractivity contribution >= 4 is 0 Å². The summed E-state index contributed by atoms with van der Waals surface area (Å²) in [5.74, 6) is -2.60. The number of rotatable bonds is 1. The second-order valence-corrected chi connectivity index (χ2v) is 2.42. The van der Waals surface area contributed by atoms with Gasteiger partial charge in [-0.25, -0.2) is 8.78 Å². The van der Waals surface area contributed by atoms with Crippen LogP contribution in [0.5, 0.6) is 0 Å². The van der Waals surface area contributed by atoms with Crippen LogP contribution in [0.3, 0.4) is 0 Å². The molecule has 0 radical (unpaired) electrons. The van der Waals surface area contributed by atoms with Crippen LogP contribution in [-0.4, -0.2) is 19.0 Å². The Hall–Kier alpha value is -0.440. The Kier molecular flexibility index (Phi) is 2.04. The maximum Gasteiger partial charge on any atom is 0.281 e. The summed E-state index contributed by atoms with van der Waals surface area (Å²) in [4.78, 5) is 0. The van der Waals surface area contributed by atoms with E-state index in [2.05, 4.69) is 5.32 Å². The number of halogens is 2. The molecule has 1 aliphatic rings. The van der Waals surface area contributed by atoms with Crippen molar-refractivity contribution in [2.24, 2.45) is 0 Å². The van der Waals surface area contributed by atoms with Gasteiger partial charge in [0.15, 0.2) is 0 Å². The van der Waals surface area contributed by atoms with Gasteiger partial charge in [0.2, 0.25) is 0 Å². The van der Waals surface area contributed by atoms with Crippen molar-refractivity contribution in [3.63, 3.8) is 0 Å². The lowest BCUT2D eigenvalue weighted by molar-refractivity contribution is 0.0348. The number of hydrogen-bond acceptors (Lipinski definition) is 1. The third kappa shape index (κ3) is 1.34. The molecule has 0 saturated carbocycles. The van der Waals surface area contributed by atoms with Gasteiger partial charge in [0, 0.05) is 6.54 Å². The lowest BCUT2D eigenvalue weighted by atomic mass is 10.0. The summed E-state index contributed by atoms with van der Waals surface area (Å²) in [6.45, 7) is 2.14. The van der Waals surface area contributed by atoms with Crippen molar-refractivity contribution in [1.82, 2.24) is 5.32 Å². The molecule has 0 bridgehead atoms. The van der Waals surface area contributed by atoms with Gasteiger partial charge in [-0.3, -0.25) is 0 Å². The molecule has 3 heteroatoms. The molecular weight excluding hydrogens is 136 g/mol. The lowest BCUT2D eigenvalue weighted by Crippen LogP contribution is -2.38. The van der Waals surface area contributed by atoms with Gasteiger partial charge >= 0.3 is 0 Å². The fourth-order valence-electron chi connectivity index (χ4n) is 1.09. The minimum absolute atomic E-state index is 0.202. The quantitative estimate of drug-likeness (QED) is 0.555. The maximum atomic E-state index is 12.7. The van der Waals surface area contributed by atoms with E-state index in [1.807, 2.05) is 0 Å². The van der Waals surface area contributed by atoms with Crippen molar-refractivity contribution in [1.29, 1.82) is 0 Å². The van der Waals surface area contributed by atoms with E-state index in [4.69, 9.17) is 0 Å². The molecule has 0 aliphatic carbocycles. The highest BCUT2D eigenvalue weighted by Crippen LogP contribution is 2.27. The van der Waals surface area contributed by atoms with Crippen LogP contribution in [0.1, 0.15) is 13.3 Å². The molecule has 0 atom stereocenters. The number of alkyl halides is 2. The van der Waals surface area contributed by atoms with Gasteiger partial charge in [-0.1, -0.05) is 13.0 Å². The molecule has 1 aliphatic heterocycles. The topological polar surface area (TPSA) is 12.0 Å². The smallest absolute Gasteiger partial charge is 0.281 e. The van der Waals surface area contributed by atoms with Crippen LogP contribution in [0.4, 0.5) is 8.78 Å². The van der Waals surface area contributed by atoms with Gasteiger partial charge in [0.1, 0.15) is 0 Å². The number of nitrogens with one attached hydrogen (secondary N) is 1. The van der Waals surface area contributed by atoms with Crippen LogP contribution in [0.25, 0.3) is 0 Å². The average Bonchev–Trinajstić information content (AvgIpc) is 1.87. The van der Waals surface area contributed by atoms with E-state index in [0.717, 1.165) is 0 Å². The Morgan fingerprint density at radius 2 is 2.40 bits per heavy atom. The first kappa shape index (κ1) is 7.66. The van der Waals surface area contributed by atoms with E-state index in [1.165, 1.54) is 0 Å². The highest BCUT2D eigenvalue weighted by Gasteiger charge is 2.33. The van der Waals surface area contributed by atoms with Gasteiger partial charge in [-0.05, 0) is 12.0 Å². The molecule has 1 nitrogen and oxygen atoms in total. The standard InChI is InChI=1S/C7H11F2N/c1-2-6-3-4-10-5-7(6,8)9/h3,10H,2,4-5H2,1H3. The zero-order chi connectivity index (χ0) is 7.61. The molecule has 1 N–H and O–H groups in total. The van der Waals surface area contributed by atoms with Crippen molar-refractivity contribution in [3.8, 4) is 0 Å². The van der Waals surface area contributed by atoms with Crippen LogP contribution < -0.4 is 5.32 Å². The summed E-state index contributed by atoms with van der Waals surface area (Å²) in [7, 11) is 0. The van der Waals surface area contributed by atoms with E-state index in [9.17, 15) is 8.78 Å². The maximum absolute atomic E-state index is 12.7. The van der Waals surface area contributed by atoms with Gasteiger partial charge < -0.3 is 5.32 Å². The third-order valence-electron chi connectivity index (χ3n) is 1.69. The summed E-state index contributed by atoms with van der Waals surface area (Å²) in [6.07, 6.45) is 2.03. The molecular formula is C7H11F2N. The Morgan fingerprint density at radius 1 is 1.70 bits per heavy atom. The molecule has 0 aromatic rings. The molecule has 1 rings (SSSR count). The van der Waals surface area contributed by atoms with Gasteiger partial charge in [0.25, 0.3) is 5.92 Å². The fraction of sp³-hybridized carbons (Fsp3) is 0.714. The molecule has 0 fully saturated rings. The average molecular weight is 147 g/mol. The lowest BCUT2D eigenvalue weighted by Gasteiger charge is -2.23. The monoisotopic (exact) mass is 147 g/mol. The molecule has 1 heterocycles. The van der Waals surface area contributed by atoms with Gasteiger partial charge in [0.05, 0.1) is 6.54 Å². The molecule has 0 aromatic carbocycles. The highest BCUT2D eigenvalue weighted by molar-refractivity contribution is 5.16. The van der Waals surface area contributed by atoms with Crippen LogP contribution in [-0.2, 0) is 0 Å². The second kappa shape index (κ2) is 2.66. The van der Waals surface area contributed by atoms with Crippen LogP contribution >= 0.6 is 0 Å². The molecule has 0 aromatic heterocycles. The minimum atomic E-state index is -2.60. The van der Waals surface area contributed by atoms with E-state index >= 15 is 0 Å². The first-order valence-corrected chi connectivity index (χ1v) is 3.45. The first-order valence-electron chi connectivity index (χ1n) is 3.45. The summed E-state index contributed by atoms with van der Waals surface area (Å²) in [5.41, 5.74) is 0.270. The molecule has 10 heavy (non-hydrogen) atoms. The van der Waals surface area contributed by atoms with E-state index in [0.29, 0.717) is 13.0 Å². The Balaban J connectivity index is 2.73. The second-order valence-electron chi connectivity index (χ2n) is 2.42. The molecule has 0 saturated heterocycles. The molecule has 0 spiro atoms. The zero-order valence-electron chi connectivity index (χ0n) is 5.95. The third-order valence-corrected chi connectivity index (χ3v) is 1.69. The predicted octanol–water partition coefficient (Wildman–Crippen LogP) is 1.56. The van der Waals surface area contributed by atoms with Crippen LogP contribution in [0.2, 0.25) is 0 Å². The summed E-state index contributed by atoms with van der Waals surface area (Å²) < 4.78 is 25.5.